The normalized spacial score (nSPS) is 7.50. The van der Waals surface area contributed by atoms with Gasteiger partial charge in [0.2, 0.25) is 0 Å². The molecule has 0 spiro atoms. The third-order valence-corrected chi connectivity index (χ3v) is 0.811. The van der Waals surface area contributed by atoms with Crippen LogP contribution in [0, 0.1) is 11.5 Å². The monoisotopic (exact) mass is 131 g/mol. The Morgan fingerprint density at radius 3 is 2.50 bits per heavy atom. The number of hydrogen-bond donors (Lipinski definition) is 2. The zero-order valence-corrected chi connectivity index (χ0v) is 4.93. The summed E-state index contributed by atoms with van der Waals surface area (Å²) >= 11 is 3.64. The molecule has 5 heteroatoms. The van der Waals surface area contributed by atoms with Gasteiger partial charge in [-0.15, -0.1) is 0 Å². The first-order valence-electron chi connectivity index (χ1n) is 1.80. The van der Waals surface area contributed by atoms with E-state index in [9.17, 15) is 4.79 Å². The van der Waals surface area contributed by atoms with Gasteiger partial charge < -0.3 is 5.73 Å². The topological polar surface area (TPSA) is 70.1 Å². The van der Waals surface area contributed by atoms with Crippen molar-refractivity contribution in [2.24, 2.45) is 5.73 Å². The molecular formula is C3H5N3OS. The molecule has 0 atom stereocenters. The predicted molar refractivity (Wildman–Crippen MR) is 30.9 cm³/mol. The molecule has 0 aromatic heterocycles. The maximum Gasteiger partial charge on any atom is 0.328 e. The second-order valence-corrected chi connectivity index (χ2v) is 1.29. The molecule has 0 aliphatic rings. The second-order valence-electron chi connectivity index (χ2n) is 1.01. The van der Waals surface area contributed by atoms with Crippen LogP contribution in [0.25, 0.3) is 0 Å². The minimum Gasteiger partial charge on any atom is -0.351 e. The lowest BCUT2D eigenvalue weighted by molar-refractivity contribution is 0.232. The Kier molecular flexibility index (Phi) is 2.80. The van der Waals surface area contributed by atoms with Crippen molar-refractivity contribution >= 4 is 18.7 Å². The summed E-state index contributed by atoms with van der Waals surface area (Å²) in [7, 11) is 0. The van der Waals surface area contributed by atoms with Crippen molar-refractivity contribution < 1.29 is 4.79 Å². The number of carbonyl (C=O) groups is 1. The Labute approximate surface area is 52.3 Å². The van der Waals surface area contributed by atoms with Crippen molar-refractivity contribution in [2.45, 2.75) is 0 Å². The van der Waals surface area contributed by atoms with Crippen molar-refractivity contribution in [3.63, 3.8) is 0 Å². The number of nitriles is 1. The largest absolute Gasteiger partial charge is 0.351 e. The zero-order valence-electron chi connectivity index (χ0n) is 4.03. The van der Waals surface area contributed by atoms with Crippen LogP contribution in [-0.2, 0) is 0 Å². The molecule has 8 heavy (non-hydrogen) atoms. The fourth-order valence-corrected chi connectivity index (χ4v) is 0.353. The first-order valence-corrected chi connectivity index (χ1v) is 2.43. The first-order chi connectivity index (χ1) is 3.72. The van der Waals surface area contributed by atoms with Crippen molar-refractivity contribution in [2.75, 3.05) is 5.88 Å². The summed E-state index contributed by atoms with van der Waals surface area (Å²) in [5.41, 5.74) is 4.67. The number of nitrogens with zero attached hydrogens (tertiary/aromatic N) is 2. The molecule has 0 fully saturated rings. The summed E-state index contributed by atoms with van der Waals surface area (Å²) in [5.74, 6) is 0.0336. The van der Waals surface area contributed by atoms with Crippen LogP contribution >= 0.6 is 12.6 Å². The standard InChI is InChI=1S/C3H5N3OS/c4-1-6(2-8)3(5)7/h8H,2H2,(H2,5,7). The van der Waals surface area contributed by atoms with Crippen molar-refractivity contribution in [3.05, 3.63) is 0 Å². The molecule has 0 aliphatic heterocycles. The summed E-state index contributed by atoms with van der Waals surface area (Å²) in [4.78, 5) is 10.8. The number of nitrogens with two attached hydrogens (primary N) is 1. The van der Waals surface area contributed by atoms with Gasteiger partial charge in [0.15, 0.2) is 6.19 Å². The Balaban J connectivity index is 3.76. The summed E-state index contributed by atoms with van der Waals surface area (Å²) in [6.07, 6.45) is 1.53. The number of thiol groups is 1. The van der Waals surface area contributed by atoms with E-state index in [2.05, 4.69) is 18.4 Å². The van der Waals surface area contributed by atoms with Gasteiger partial charge in [-0.1, -0.05) is 0 Å². The third kappa shape index (κ3) is 1.71. The number of urea groups is 1. The molecule has 0 saturated heterocycles. The average Bonchev–Trinajstić information content (AvgIpc) is 1.69. The molecular weight excluding hydrogens is 126 g/mol. The van der Waals surface area contributed by atoms with Gasteiger partial charge in [0.1, 0.15) is 0 Å². The fraction of sp³-hybridized carbons (Fsp3) is 0.333. The maximum absolute atomic E-state index is 10.0. The molecule has 0 aromatic carbocycles. The molecule has 0 bridgehead atoms. The molecule has 0 saturated carbocycles. The van der Waals surface area contributed by atoms with Gasteiger partial charge in [-0.3, -0.25) is 0 Å². The molecule has 2 N–H and O–H groups in total. The van der Waals surface area contributed by atoms with E-state index in [0.717, 1.165) is 4.90 Å². The quantitative estimate of drug-likeness (QED) is 0.223. The van der Waals surface area contributed by atoms with E-state index < -0.39 is 6.03 Å². The molecule has 0 rings (SSSR count). The molecule has 0 aliphatic carbocycles. The summed E-state index contributed by atoms with van der Waals surface area (Å²) < 4.78 is 0. The van der Waals surface area contributed by atoms with E-state index in [1.807, 2.05) is 0 Å². The minimum atomic E-state index is -0.775. The fourth-order valence-electron chi connectivity index (χ4n) is 0.151. The van der Waals surface area contributed by atoms with Crippen molar-refractivity contribution in [1.82, 2.24) is 4.90 Å². The Hall–Kier alpha value is -0.890. The number of rotatable bonds is 1. The highest BCUT2D eigenvalue weighted by molar-refractivity contribution is 7.80. The number of hydrogen-bond acceptors (Lipinski definition) is 3. The van der Waals surface area contributed by atoms with Gasteiger partial charge in [0, 0.05) is 0 Å². The summed E-state index contributed by atoms with van der Waals surface area (Å²) in [5, 5.41) is 8.02. The number of carbonyl (C=O) groups excluding carboxylic acids is 1. The van der Waals surface area contributed by atoms with E-state index in [4.69, 9.17) is 5.26 Å². The highest BCUT2D eigenvalue weighted by atomic mass is 32.1. The summed E-state index contributed by atoms with van der Waals surface area (Å²) in [6, 6.07) is -0.775. The number of amides is 2. The van der Waals surface area contributed by atoms with E-state index in [0.29, 0.717) is 0 Å². The van der Waals surface area contributed by atoms with Gasteiger partial charge in [0.25, 0.3) is 0 Å². The Morgan fingerprint density at radius 1 is 2.00 bits per heavy atom. The van der Waals surface area contributed by atoms with E-state index >= 15 is 0 Å². The van der Waals surface area contributed by atoms with Crippen LogP contribution in [0.3, 0.4) is 0 Å². The zero-order chi connectivity index (χ0) is 6.57. The maximum atomic E-state index is 10.0. The van der Waals surface area contributed by atoms with E-state index in [1.165, 1.54) is 6.19 Å². The van der Waals surface area contributed by atoms with Crippen LogP contribution in [0.5, 0.6) is 0 Å². The first kappa shape index (κ1) is 7.11. The van der Waals surface area contributed by atoms with Crippen LogP contribution in [0.4, 0.5) is 4.79 Å². The van der Waals surface area contributed by atoms with E-state index in [-0.39, 0.29) is 5.88 Å². The smallest absolute Gasteiger partial charge is 0.328 e. The van der Waals surface area contributed by atoms with Gasteiger partial charge in [-0.05, 0) is 0 Å². The van der Waals surface area contributed by atoms with Gasteiger partial charge in [-0.25, -0.2) is 9.69 Å². The Morgan fingerprint density at radius 2 is 2.50 bits per heavy atom. The second kappa shape index (κ2) is 3.16. The molecule has 4 nitrogen and oxygen atoms in total. The van der Waals surface area contributed by atoms with Crippen LogP contribution in [0.15, 0.2) is 0 Å². The molecule has 0 aromatic rings. The van der Waals surface area contributed by atoms with Gasteiger partial charge >= 0.3 is 6.03 Å². The minimum absolute atomic E-state index is 0.0336. The molecule has 2 amide bonds. The third-order valence-electron chi connectivity index (χ3n) is 0.528. The Bertz CT molecular complexity index is 129. The lowest BCUT2D eigenvalue weighted by Crippen LogP contribution is -2.30. The van der Waals surface area contributed by atoms with Crippen LogP contribution < -0.4 is 5.73 Å². The summed E-state index contributed by atoms with van der Waals surface area (Å²) in [6.45, 7) is 0. The van der Waals surface area contributed by atoms with Gasteiger partial charge in [-0.2, -0.15) is 17.9 Å². The average molecular weight is 131 g/mol. The number of primary amides is 1. The van der Waals surface area contributed by atoms with Crippen LogP contribution in [-0.4, -0.2) is 16.8 Å². The van der Waals surface area contributed by atoms with E-state index in [1.54, 1.807) is 0 Å². The SMILES string of the molecule is N#CN(CS)C(N)=O. The highest BCUT2D eigenvalue weighted by Crippen LogP contribution is 1.84. The van der Waals surface area contributed by atoms with Crippen molar-refractivity contribution in [1.29, 1.82) is 5.26 Å². The molecule has 0 heterocycles. The highest BCUT2D eigenvalue weighted by Gasteiger charge is 2.02. The molecule has 44 valence electrons. The van der Waals surface area contributed by atoms with Crippen LogP contribution in [0.2, 0.25) is 0 Å². The molecule has 0 unspecified atom stereocenters. The van der Waals surface area contributed by atoms with Gasteiger partial charge in [0.05, 0.1) is 5.88 Å². The molecule has 0 radical (unpaired) electrons. The van der Waals surface area contributed by atoms with Crippen molar-refractivity contribution in [3.8, 4) is 6.19 Å². The van der Waals surface area contributed by atoms with Crippen LogP contribution in [0.1, 0.15) is 0 Å². The lowest BCUT2D eigenvalue weighted by Gasteiger charge is -2.02. The lowest BCUT2D eigenvalue weighted by atomic mass is 10.8. The predicted octanol–water partition coefficient (Wildman–Crippen LogP) is -0.265.